The molecule has 0 aliphatic heterocycles. The molecule has 7 nitrogen and oxygen atoms in total. The molecule has 0 heterocycles. The van der Waals surface area contributed by atoms with E-state index in [1.165, 1.54) is 6.92 Å². The van der Waals surface area contributed by atoms with E-state index in [0.717, 1.165) is 6.08 Å². The quantitative estimate of drug-likeness (QED) is 0.660. The van der Waals surface area contributed by atoms with Crippen LogP contribution in [0, 0.1) is 5.92 Å². The van der Waals surface area contributed by atoms with E-state index in [2.05, 4.69) is 5.32 Å². The van der Waals surface area contributed by atoms with Crippen molar-refractivity contribution in [3.8, 4) is 0 Å². The molecule has 0 aromatic carbocycles. The molecular formula is C18H30FNO6. The molecule has 0 aromatic heterocycles. The van der Waals surface area contributed by atoms with Gasteiger partial charge < -0.3 is 19.9 Å². The van der Waals surface area contributed by atoms with E-state index in [1.54, 1.807) is 41.5 Å². The van der Waals surface area contributed by atoms with Crippen LogP contribution in [0.2, 0.25) is 0 Å². The second-order valence-corrected chi connectivity index (χ2v) is 7.99. The van der Waals surface area contributed by atoms with E-state index in [4.69, 9.17) is 9.47 Å². The van der Waals surface area contributed by atoms with Gasteiger partial charge in [0.1, 0.15) is 17.0 Å². The average molecular weight is 375 g/mol. The predicted octanol–water partition coefficient (Wildman–Crippen LogP) is 3.58. The first-order valence-corrected chi connectivity index (χ1v) is 8.42. The third-order valence-electron chi connectivity index (χ3n) is 2.90. The average Bonchev–Trinajstić information content (AvgIpc) is 2.38. The predicted molar refractivity (Wildman–Crippen MR) is 94.2 cm³/mol. The Bertz CT molecular complexity index is 545. The van der Waals surface area contributed by atoms with Gasteiger partial charge in [-0.05, 0) is 61.0 Å². The molecule has 0 aromatic rings. The minimum absolute atomic E-state index is 0.114. The highest BCUT2D eigenvalue weighted by Gasteiger charge is 2.24. The maximum Gasteiger partial charge on any atom is 0.408 e. The van der Waals surface area contributed by atoms with E-state index < -0.39 is 47.0 Å². The zero-order valence-electron chi connectivity index (χ0n) is 16.5. The van der Waals surface area contributed by atoms with Crippen LogP contribution in [0.15, 0.2) is 11.9 Å². The van der Waals surface area contributed by atoms with E-state index in [1.807, 2.05) is 0 Å². The zero-order chi connectivity index (χ0) is 20.7. The molecule has 0 aliphatic carbocycles. The fourth-order valence-corrected chi connectivity index (χ4v) is 1.83. The Morgan fingerprint density at radius 3 is 2.00 bits per heavy atom. The van der Waals surface area contributed by atoms with Crippen LogP contribution in [0.1, 0.15) is 61.3 Å². The maximum atomic E-state index is 14.2. The number of nitrogens with one attached hydrogen (secondary N) is 1. The highest BCUT2D eigenvalue weighted by atomic mass is 19.1. The largest absolute Gasteiger partial charge is 0.481 e. The molecule has 0 radical (unpaired) electrons. The van der Waals surface area contributed by atoms with E-state index in [9.17, 15) is 23.9 Å². The molecule has 150 valence electrons. The highest BCUT2D eigenvalue weighted by Crippen LogP contribution is 2.17. The van der Waals surface area contributed by atoms with E-state index >= 15 is 0 Å². The molecule has 8 heteroatoms. The number of carboxylic acids is 1. The third-order valence-corrected chi connectivity index (χ3v) is 2.90. The molecule has 1 unspecified atom stereocenters. The fraction of sp³-hybridized carbons (Fsp3) is 0.722. The Labute approximate surface area is 153 Å². The van der Waals surface area contributed by atoms with Crippen LogP contribution >= 0.6 is 0 Å². The summed E-state index contributed by atoms with van der Waals surface area (Å²) < 4.78 is 24.3. The van der Waals surface area contributed by atoms with Gasteiger partial charge in [-0.1, -0.05) is 0 Å². The summed E-state index contributed by atoms with van der Waals surface area (Å²) in [6.07, 6.45) is -0.202. The number of halogens is 1. The number of hydrogen-bond acceptors (Lipinski definition) is 5. The van der Waals surface area contributed by atoms with Crippen LogP contribution in [0.25, 0.3) is 0 Å². The van der Waals surface area contributed by atoms with Crippen molar-refractivity contribution in [2.24, 2.45) is 5.92 Å². The first-order valence-electron chi connectivity index (χ1n) is 8.42. The molecule has 0 rings (SSSR count). The molecule has 0 bridgehead atoms. The molecule has 26 heavy (non-hydrogen) atoms. The van der Waals surface area contributed by atoms with Crippen LogP contribution in [-0.4, -0.2) is 40.4 Å². The lowest BCUT2D eigenvalue weighted by molar-refractivity contribution is -0.155. The number of rotatable bonds is 7. The van der Waals surface area contributed by atoms with Gasteiger partial charge in [0.25, 0.3) is 0 Å². The summed E-state index contributed by atoms with van der Waals surface area (Å²) in [5.41, 5.74) is -1.41. The maximum absolute atomic E-state index is 14.2. The summed E-state index contributed by atoms with van der Waals surface area (Å²) in [6.45, 7) is 11.5. The van der Waals surface area contributed by atoms with Crippen LogP contribution in [0.5, 0.6) is 0 Å². The molecule has 0 saturated carbocycles. The minimum Gasteiger partial charge on any atom is -0.481 e. The summed E-state index contributed by atoms with van der Waals surface area (Å²) in [5, 5.41) is 11.5. The van der Waals surface area contributed by atoms with Crippen molar-refractivity contribution in [2.45, 2.75) is 78.6 Å². The molecule has 1 amide bonds. The number of esters is 1. The van der Waals surface area contributed by atoms with Gasteiger partial charge in [-0.15, -0.1) is 0 Å². The van der Waals surface area contributed by atoms with Gasteiger partial charge in [-0.2, -0.15) is 0 Å². The number of aliphatic carboxylic acids is 1. The second-order valence-electron chi connectivity index (χ2n) is 7.99. The van der Waals surface area contributed by atoms with Crippen LogP contribution in [0.3, 0.4) is 0 Å². The van der Waals surface area contributed by atoms with E-state index in [0.29, 0.717) is 0 Å². The zero-order valence-corrected chi connectivity index (χ0v) is 16.5. The first kappa shape index (κ1) is 23.9. The number of carbonyl (C=O) groups excluding carboxylic acids is 2. The van der Waals surface area contributed by atoms with Crippen molar-refractivity contribution in [2.75, 3.05) is 0 Å². The van der Waals surface area contributed by atoms with Gasteiger partial charge in [-0.25, -0.2) is 9.18 Å². The van der Waals surface area contributed by atoms with Gasteiger partial charge in [-0.3, -0.25) is 9.59 Å². The molecule has 0 aliphatic rings. The lowest BCUT2D eigenvalue weighted by Crippen LogP contribution is -2.38. The SMILES string of the molecule is CC(NC(=O)OC(C)(C)C)C(F)=C[C@H](CCC(=O)OC(C)(C)C)C(=O)O. The molecule has 2 N–H and O–H groups in total. The molecule has 0 spiro atoms. The third kappa shape index (κ3) is 11.4. The Kier molecular flexibility index (Phi) is 8.76. The van der Waals surface area contributed by atoms with Crippen molar-refractivity contribution in [1.29, 1.82) is 0 Å². The standard InChI is InChI=1S/C18H30FNO6/c1-11(20-16(24)26-18(5,6)7)13(19)10-12(15(22)23)8-9-14(21)25-17(2,3)4/h10-12H,8-9H2,1-7H3,(H,20,24)(H,22,23)/t11?,12-/m0/s1. The summed E-state index contributed by atoms with van der Waals surface area (Å²) in [5.74, 6) is -3.87. The molecule has 0 saturated heterocycles. The Morgan fingerprint density at radius 2 is 1.58 bits per heavy atom. The Hall–Kier alpha value is -2.12. The van der Waals surface area contributed by atoms with Crippen molar-refractivity contribution in [3.63, 3.8) is 0 Å². The lowest BCUT2D eigenvalue weighted by atomic mass is 10.0. The number of hydrogen-bond donors (Lipinski definition) is 2. The fourth-order valence-electron chi connectivity index (χ4n) is 1.83. The number of amides is 1. The summed E-state index contributed by atoms with van der Waals surface area (Å²) in [4.78, 5) is 34.6. The monoisotopic (exact) mass is 375 g/mol. The number of carbonyl (C=O) groups is 3. The first-order chi connectivity index (χ1) is 11.6. The van der Waals surface area contributed by atoms with Gasteiger partial charge in [0.05, 0.1) is 12.0 Å². The van der Waals surface area contributed by atoms with Crippen molar-refractivity contribution < 1.29 is 33.4 Å². The summed E-state index contributed by atoms with van der Waals surface area (Å²) >= 11 is 0. The number of alkyl carbamates (subject to hydrolysis) is 1. The van der Waals surface area contributed by atoms with Crippen molar-refractivity contribution in [3.05, 3.63) is 11.9 Å². The van der Waals surface area contributed by atoms with Gasteiger partial charge in [0.15, 0.2) is 0 Å². The normalized spacial score (nSPS) is 15.0. The van der Waals surface area contributed by atoms with E-state index in [-0.39, 0.29) is 12.8 Å². The van der Waals surface area contributed by atoms with Gasteiger partial charge >= 0.3 is 18.0 Å². The summed E-state index contributed by atoms with van der Waals surface area (Å²) in [6, 6.07) is -1.06. The number of carboxylic acid groups (broad SMARTS) is 1. The highest BCUT2D eigenvalue weighted by molar-refractivity contribution is 5.75. The van der Waals surface area contributed by atoms with Crippen molar-refractivity contribution >= 4 is 18.0 Å². The van der Waals surface area contributed by atoms with Crippen molar-refractivity contribution in [1.82, 2.24) is 5.32 Å². The van der Waals surface area contributed by atoms with Crippen LogP contribution in [0.4, 0.5) is 9.18 Å². The smallest absolute Gasteiger partial charge is 0.408 e. The van der Waals surface area contributed by atoms with Gasteiger partial charge in [0.2, 0.25) is 0 Å². The number of ether oxygens (including phenoxy) is 2. The molecule has 0 fully saturated rings. The molecule has 2 atom stereocenters. The van der Waals surface area contributed by atoms with Gasteiger partial charge in [0, 0.05) is 6.42 Å². The molecular weight excluding hydrogens is 345 g/mol. The minimum atomic E-state index is -1.27. The van der Waals surface area contributed by atoms with Crippen LogP contribution in [-0.2, 0) is 19.1 Å². The topological polar surface area (TPSA) is 102 Å². The Balaban J connectivity index is 4.81. The lowest BCUT2D eigenvalue weighted by Gasteiger charge is -2.22. The van der Waals surface area contributed by atoms with Crippen LogP contribution < -0.4 is 5.32 Å². The summed E-state index contributed by atoms with van der Waals surface area (Å²) in [7, 11) is 0. The second kappa shape index (κ2) is 9.54. The Morgan fingerprint density at radius 1 is 1.08 bits per heavy atom.